The number of methoxy groups -OCH3 is 3. The van der Waals surface area contributed by atoms with Crippen molar-refractivity contribution >= 4 is 32.6 Å². The fourth-order valence-corrected chi connectivity index (χ4v) is 4.71. The molecule has 0 N–H and O–H groups in total. The summed E-state index contributed by atoms with van der Waals surface area (Å²) in [6, 6.07) is 13.2. The van der Waals surface area contributed by atoms with Crippen LogP contribution in [0.3, 0.4) is 0 Å². The number of nitrogens with zero attached hydrogens (tertiary/aromatic N) is 4. The number of para-hydroxylation sites is 1. The number of carbonyl (C=O) groups is 1. The number of fused-ring (bicyclic) bond motifs is 1. The minimum Gasteiger partial charge on any atom is -0.493 e. The quantitative estimate of drug-likeness (QED) is 0.381. The maximum Gasteiger partial charge on any atom is 0.260 e. The van der Waals surface area contributed by atoms with E-state index in [1.54, 1.807) is 17.0 Å². The Kier molecular flexibility index (Phi) is 6.50. The van der Waals surface area contributed by atoms with E-state index in [0.717, 1.165) is 21.6 Å². The number of amides is 1. The van der Waals surface area contributed by atoms with Gasteiger partial charge in [-0.1, -0.05) is 23.5 Å². The standard InChI is InChI=1S/C24H26N4O4S/c1-15-12-16(2)28(26-15)11-10-27(24-25-18-8-6-7-9-21(18)33-24)23(29)17-13-19(30-3)22(32-5)20(14-17)31-4/h6-9,12-14H,10-11H2,1-5H3. The van der Waals surface area contributed by atoms with Crippen molar-refractivity contribution in [3.05, 3.63) is 59.4 Å². The van der Waals surface area contributed by atoms with Crippen LogP contribution in [0.2, 0.25) is 0 Å². The first kappa shape index (κ1) is 22.6. The number of carbonyl (C=O) groups excluding carboxylic acids is 1. The number of hydrogen-bond acceptors (Lipinski definition) is 7. The molecule has 0 spiro atoms. The van der Waals surface area contributed by atoms with E-state index in [1.165, 1.54) is 32.7 Å². The van der Waals surface area contributed by atoms with Crippen LogP contribution in [-0.2, 0) is 6.54 Å². The molecule has 0 fully saturated rings. The predicted octanol–water partition coefficient (Wildman–Crippen LogP) is 4.48. The van der Waals surface area contributed by atoms with E-state index in [1.807, 2.05) is 48.9 Å². The van der Waals surface area contributed by atoms with Gasteiger partial charge in [-0.05, 0) is 44.2 Å². The van der Waals surface area contributed by atoms with Crippen molar-refractivity contribution < 1.29 is 19.0 Å². The van der Waals surface area contributed by atoms with Crippen molar-refractivity contribution in [3.8, 4) is 17.2 Å². The second kappa shape index (κ2) is 9.50. The molecule has 0 bridgehead atoms. The molecule has 9 heteroatoms. The van der Waals surface area contributed by atoms with Crippen LogP contribution in [0.4, 0.5) is 5.13 Å². The third-order valence-electron chi connectivity index (χ3n) is 5.31. The molecule has 0 aliphatic carbocycles. The molecule has 1 amide bonds. The topological polar surface area (TPSA) is 78.7 Å². The Morgan fingerprint density at radius 3 is 2.30 bits per heavy atom. The molecule has 4 rings (SSSR count). The Bertz CT molecular complexity index is 1240. The van der Waals surface area contributed by atoms with Gasteiger partial charge in [0.15, 0.2) is 16.6 Å². The van der Waals surface area contributed by atoms with E-state index in [2.05, 4.69) is 5.10 Å². The Balaban J connectivity index is 1.75. The molecule has 0 aliphatic rings. The summed E-state index contributed by atoms with van der Waals surface area (Å²) in [5.74, 6) is 1.06. The van der Waals surface area contributed by atoms with E-state index in [4.69, 9.17) is 19.2 Å². The first-order chi connectivity index (χ1) is 15.9. The molecule has 172 valence electrons. The fraction of sp³-hybridized carbons (Fsp3) is 0.292. The largest absolute Gasteiger partial charge is 0.493 e. The highest BCUT2D eigenvalue weighted by atomic mass is 32.1. The van der Waals surface area contributed by atoms with Crippen molar-refractivity contribution in [2.24, 2.45) is 0 Å². The summed E-state index contributed by atoms with van der Waals surface area (Å²) in [5, 5.41) is 5.16. The van der Waals surface area contributed by atoms with E-state index < -0.39 is 0 Å². The lowest BCUT2D eigenvalue weighted by molar-refractivity contribution is 0.0985. The maximum absolute atomic E-state index is 13.8. The number of aryl methyl sites for hydroxylation is 2. The van der Waals surface area contributed by atoms with Crippen LogP contribution in [0.15, 0.2) is 42.5 Å². The minimum atomic E-state index is -0.213. The Labute approximate surface area is 196 Å². The van der Waals surface area contributed by atoms with Gasteiger partial charge >= 0.3 is 0 Å². The van der Waals surface area contributed by atoms with Gasteiger partial charge in [-0.3, -0.25) is 14.4 Å². The zero-order valence-corrected chi connectivity index (χ0v) is 20.1. The van der Waals surface area contributed by atoms with E-state index in [-0.39, 0.29) is 5.91 Å². The third-order valence-corrected chi connectivity index (χ3v) is 6.37. The number of ether oxygens (including phenoxy) is 3. The van der Waals surface area contributed by atoms with Crippen LogP contribution >= 0.6 is 11.3 Å². The van der Waals surface area contributed by atoms with Gasteiger partial charge in [0.1, 0.15) is 0 Å². The third kappa shape index (κ3) is 4.49. The zero-order chi connectivity index (χ0) is 23.5. The lowest BCUT2D eigenvalue weighted by Crippen LogP contribution is -2.34. The molecule has 2 aromatic heterocycles. The van der Waals surface area contributed by atoms with Crippen molar-refractivity contribution in [1.29, 1.82) is 0 Å². The molecular formula is C24H26N4O4S. The Hall–Kier alpha value is -3.59. The Morgan fingerprint density at radius 2 is 1.73 bits per heavy atom. The first-order valence-corrected chi connectivity index (χ1v) is 11.2. The van der Waals surface area contributed by atoms with E-state index >= 15 is 0 Å². The number of thiazole rings is 1. The maximum atomic E-state index is 13.8. The van der Waals surface area contributed by atoms with Crippen molar-refractivity contribution in [1.82, 2.24) is 14.8 Å². The summed E-state index contributed by atoms with van der Waals surface area (Å²) < 4.78 is 19.2. The smallest absolute Gasteiger partial charge is 0.260 e. The molecule has 2 aromatic carbocycles. The van der Waals surface area contributed by atoms with Crippen molar-refractivity contribution in [3.63, 3.8) is 0 Å². The SMILES string of the molecule is COc1cc(C(=O)N(CCn2nc(C)cc2C)c2nc3ccccc3s2)cc(OC)c1OC. The lowest BCUT2D eigenvalue weighted by Gasteiger charge is -2.21. The summed E-state index contributed by atoms with van der Waals surface area (Å²) in [6.45, 7) is 4.89. The summed E-state index contributed by atoms with van der Waals surface area (Å²) >= 11 is 1.48. The molecule has 4 aromatic rings. The summed E-state index contributed by atoms with van der Waals surface area (Å²) in [7, 11) is 4.59. The van der Waals surface area contributed by atoms with Gasteiger partial charge in [-0.15, -0.1) is 0 Å². The van der Waals surface area contributed by atoms with Gasteiger partial charge in [0.2, 0.25) is 5.75 Å². The van der Waals surface area contributed by atoms with Gasteiger partial charge in [0, 0.05) is 17.8 Å². The molecule has 0 radical (unpaired) electrons. The first-order valence-electron chi connectivity index (χ1n) is 10.4. The van der Waals surface area contributed by atoms with Crippen molar-refractivity contribution in [2.45, 2.75) is 20.4 Å². The number of rotatable bonds is 8. The highest BCUT2D eigenvalue weighted by Gasteiger charge is 2.25. The van der Waals surface area contributed by atoms with Crippen molar-refractivity contribution in [2.75, 3.05) is 32.8 Å². The van der Waals surface area contributed by atoms with Gasteiger partial charge in [0.25, 0.3) is 5.91 Å². The van der Waals surface area contributed by atoms with E-state index in [0.29, 0.717) is 41.0 Å². The van der Waals surface area contributed by atoms with Crippen LogP contribution in [0.25, 0.3) is 10.2 Å². The molecule has 0 atom stereocenters. The highest BCUT2D eigenvalue weighted by molar-refractivity contribution is 7.22. The van der Waals surface area contributed by atoms with Crippen LogP contribution < -0.4 is 19.1 Å². The zero-order valence-electron chi connectivity index (χ0n) is 19.3. The number of hydrogen-bond donors (Lipinski definition) is 0. The van der Waals surface area contributed by atoms with Crippen LogP contribution in [-0.4, -0.2) is 48.5 Å². The molecular weight excluding hydrogens is 440 g/mol. The average molecular weight is 467 g/mol. The van der Waals surface area contributed by atoms with Gasteiger partial charge in [0.05, 0.1) is 43.8 Å². The molecule has 8 nitrogen and oxygen atoms in total. The molecule has 0 saturated carbocycles. The highest BCUT2D eigenvalue weighted by Crippen LogP contribution is 2.39. The fourth-order valence-electron chi connectivity index (χ4n) is 3.72. The summed E-state index contributed by atoms with van der Waals surface area (Å²) in [5.41, 5.74) is 3.25. The molecule has 2 heterocycles. The molecule has 0 unspecified atom stereocenters. The minimum absolute atomic E-state index is 0.213. The monoisotopic (exact) mass is 466 g/mol. The molecule has 0 saturated heterocycles. The Morgan fingerprint density at radius 1 is 1.03 bits per heavy atom. The van der Waals surface area contributed by atoms with Crippen LogP contribution in [0, 0.1) is 13.8 Å². The molecule has 0 aliphatic heterocycles. The summed E-state index contributed by atoms with van der Waals surface area (Å²) in [4.78, 5) is 20.2. The van der Waals surface area contributed by atoms with Crippen LogP contribution in [0.5, 0.6) is 17.2 Å². The number of anilines is 1. The van der Waals surface area contributed by atoms with E-state index in [9.17, 15) is 4.79 Å². The number of benzene rings is 2. The van der Waals surface area contributed by atoms with Crippen LogP contribution in [0.1, 0.15) is 21.7 Å². The summed E-state index contributed by atoms with van der Waals surface area (Å²) in [6.07, 6.45) is 0. The molecule has 33 heavy (non-hydrogen) atoms. The average Bonchev–Trinajstić information content (AvgIpc) is 3.39. The second-order valence-electron chi connectivity index (χ2n) is 7.49. The lowest BCUT2D eigenvalue weighted by atomic mass is 10.1. The van der Waals surface area contributed by atoms with Gasteiger partial charge in [-0.2, -0.15) is 5.10 Å². The number of aromatic nitrogens is 3. The second-order valence-corrected chi connectivity index (χ2v) is 8.49. The van der Waals surface area contributed by atoms with Gasteiger partial charge < -0.3 is 14.2 Å². The predicted molar refractivity (Wildman–Crippen MR) is 129 cm³/mol. The normalized spacial score (nSPS) is 10.9. The van der Waals surface area contributed by atoms with Gasteiger partial charge in [-0.25, -0.2) is 4.98 Å².